The molecule has 1 aromatic carbocycles. The van der Waals surface area contributed by atoms with Gasteiger partial charge in [-0.1, -0.05) is 12.1 Å². The highest BCUT2D eigenvalue weighted by molar-refractivity contribution is 7.09. The Kier molecular flexibility index (Phi) is 8.90. The number of carbonyl (C=O) groups excluding carboxylic acids is 1. The Morgan fingerprint density at radius 2 is 2.04 bits per heavy atom. The molecule has 152 valence electrons. The van der Waals surface area contributed by atoms with Crippen LogP contribution in [0.5, 0.6) is 0 Å². The molecular weight excluding hydrogens is 372 g/mol. The zero-order chi connectivity index (χ0) is 20.4. The average Bonchev–Trinajstić information content (AvgIpc) is 3.09. The van der Waals surface area contributed by atoms with Crippen molar-refractivity contribution in [2.75, 3.05) is 40.8 Å². The molecule has 0 atom stereocenters. The second kappa shape index (κ2) is 11.4. The van der Waals surface area contributed by atoms with E-state index in [2.05, 4.69) is 31.3 Å². The predicted octanol–water partition coefficient (Wildman–Crippen LogP) is 1.65. The van der Waals surface area contributed by atoms with Gasteiger partial charge in [0.05, 0.1) is 10.7 Å². The van der Waals surface area contributed by atoms with Crippen LogP contribution in [0.2, 0.25) is 0 Å². The quantitative estimate of drug-likeness (QED) is 0.439. The molecule has 2 aromatic rings. The molecule has 0 saturated carbocycles. The van der Waals surface area contributed by atoms with Gasteiger partial charge in [0.1, 0.15) is 0 Å². The maximum absolute atomic E-state index is 12.3. The van der Waals surface area contributed by atoms with Crippen molar-refractivity contribution in [1.29, 1.82) is 0 Å². The maximum Gasteiger partial charge on any atom is 0.251 e. The second-order valence-electron chi connectivity index (χ2n) is 6.72. The Labute approximate surface area is 171 Å². The second-order valence-corrected chi connectivity index (χ2v) is 7.78. The summed E-state index contributed by atoms with van der Waals surface area (Å²) < 4.78 is 0. The fraction of sp³-hybridized carbons (Fsp3) is 0.450. The SMILES string of the molecule is CN=C(NCCc1csc(C)n1)NCc1cccc(C(=O)NCCN(C)C)c1. The van der Waals surface area contributed by atoms with Gasteiger partial charge >= 0.3 is 0 Å². The van der Waals surface area contributed by atoms with Crippen molar-refractivity contribution < 1.29 is 4.79 Å². The standard InChI is InChI=1S/C20H30N6OS/c1-15-25-18(14-28-15)8-9-23-20(21-2)24-13-16-6-5-7-17(12-16)19(27)22-10-11-26(3)4/h5-7,12,14H,8-11,13H2,1-4H3,(H,22,27)(H2,21,23,24). The summed E-state index contributed by atoms with van der Waals surface area (Å²) in [5.74, 6) is 0.678. The van der Waals surface area contributed by atoms with Crippen LogP contribution in [0.3, 0.4) is 0 Å². The lowest BCUT2D eigenvalue weighted by Crippen LogP contribution is -2.38. The highest BCUT2D eigenvalue weighted by atomic mass is 32.1. The largest absolute Gasteiger partial charge is 0.356 e. The van der Waals surface area contributed by atoms with E-state index in [9.17, 15) is 4.79 Å². The molecule has 0 saturated heterocycles. The zero-order valence-electron chi connectivity index (χ0n) is 17.1. The number of amides is 1. The van der Waals surface area contributed by atoms with Crippen LogP contribution in [0.15, 0.2) is 34.6 Å². The van der Waals surface area contributed by atoms with Crippen molar-refractivity contribution in [1.82, 2.24) is 25.8 Å². The fourth-order valence-corrected chi connectivity index (χ4v) is 3.20. The zero-order valence-corrected chi connectivity index (χ0v) is 17.9. The molecule has 0 aliphatic carbocycles. The molecule has 3 N–H and O–H groups in total. The number of likely N-dealkylation sites (N-methyl/N-ethyl adjacent to an activating group) is 1. The number of aromatic nitrogens is 1. The number of hydrogen-bond donors (Lipinski definition) is 3. The smallest absolute Gasteiger partial charge is 0.251 e. The monoisotopic (exact) mass is 402 g/mol. The van der Waals surface area contributed by atoms with Gasteiger partial charge in [0, 0.05) is 50.6 Å². The highest BCUT2D eigenvalue weighted by Crippen LogP contribution is 2.08. The van der Waals surface area contributed by atoms with Crippen LogP contribution in [-0.4, -0.2) is 62.5 Å². The molecule has 2 rings (SSSR count). The summed E-state index contributed by atoms with van der Waals surface area (Å²) in [6, 6.07) is 7.63. The van der Waals surface area contributed by atoms with E-state index in [0.717, 1.165) is 41.7 Å². The van der Waals surface area contributed by atoms with Gasteiger partial charge in [0.2, 0.25) is 0 Å². The molecular formula is C20H30N6OS. The first kappa shape index (κ1) is 21.8. The number of aryl methyl sites for hydroxylation is 1. The van der Waals surface area contributed by atoms with E-state index in [1.165, 1.54) is 0 Å². The fourth-order valence-electron chi connectivity index (χ4n) is 2.56. The molecule has 0 spiro atoms. The van der Waals surface area contributed by atoms with E-state index >= 15 is 0 Å². The summed E-state index contributed by atoms with van der Waals surface area (Å²) >= 11 is 1.67. The number of guanidine groups is 1. The van der Waals surface area contributed by atoms with Crippen molar-refractivity contribution in [3.63, 3.8) is 0 Å². The van der Waals surface area contributed by atoms with Gasteiger partial charge in [-0.05, 0) is 38.7 Å². The molecule has 0 aliphatic heterocycles. The Bertz CT molecular complexity index is 787. The lowest BCUT2D eigenvalue weighted by atomic mass is 10.1. The number of thiazole rings is 1. The first-order valence-electron chi connectivity index (χ1n) is 9.35. The van der Waals surface area contributed by atoms with E-state index in [4.69, 9.17) is 0 Å². The van der Waals surface area contributed by atoms with E-state index < -0.39 is 0 Å². The molecule has 0 fully saturated rings. The third kappa shape index (κ3) is 7.66. The number of nitrogens with one attached hydrogen (secondary N) is 3. The number of rotatable bonds is 9. The molecule has 0 aliphatic rings. The van der Waals surface area contributed by atoms with Crippen LogP contribution in [-0.2, 0) is 13.0 Å². The summed E-state index contributed by atoms with van der Waals surface area (Å²) in [5, 5.41) is 12.7. The van der Waals surface area contributed by atoms with Gasteiger partial charge in [-0.25, -0.2) is 4.98 Å². The lowest BCUT2D eigenvalue weighted by molar-refractivity contribution is 0.0951. The van der Waals surface area contributed by atoms with E-state index in [-0.39, 0.29) is 5.91 Å². The number of aliphatic imine (C=N–C) groups is 1. The van der Waals surface area contributed by atoms with Gasteiger partial charge in [0.15, 0.2) is 5.96 Å². The van der Waals surface area contributed by atoms with E-state index in [0.29, 0.717) is 18.7 Å². The molecule has 28 heavy (non-hydrogen) atoms. The topological polar surface area (TPSA) is 81.6 Å². The molecule has 8 heteroatoms. The van der Waals surface area contributed by atoms with E-state index in [1.54, 1.807) is 18.4 Å². The molecule has 0 unspecified atom stereocenters. The van der Waals surface area contributed by atoms with Gasteiger partial charge < -0.3 is 20.9 Å². The van der Waals surface area contributed by atoms with Crippen molar-refractivity contribution in [3.05, 3.63) is 51.5 Å². The third-order valence-corrected chi connectivity index (χ3v) is 4.88. The van der Waals surface area contributed by atoms with E-state index in [1.807, 2.05) is 50.2 Å². The number of nitrogens with zero attached hydrogens (tertiary/aromatic N) is 3. The van der Waals surface area contributed by atoms with Gasteiger partial charge in [-0.15, -0.1) is 11.3 Å². The predicted molar refractivity (Wildman–Crippen MR) is 116 cm³/mol. The summed E-state index contributed by atoms with van der Waals surface area (Å²) in [5.41, 5.74) is 2.79. The molecule has 0 bridgehead atoms. The van der Waals surface area contributed by atoms with Crippen molar-refractivity contribution in [2.45, 2.75) is 19.9 Å². The lowest BCUT2D eigenvalue weighted by Gasteiger charge is -2.13. The Morgan fingerprint density at radius 1 is 1.21 bits per heavy atom. The van der Waals surface area contributed by atoms with Gasteiger partial charge in [0.25, 0.3) is 5.91 Å². The summed E-state index contributed by atoms with van der Waals surface area (Å²) in [6.45, 7) is 4.81. The van der Waals surface area contributed by atoms with Crippen LogP contribution >= 0.6 is 11.3 Å². The average molecular weight is 403 g/mol. The highest BCUT2D eigenvalue weighted by Gasteiger charge is 2.07. The van der Waals surface area contributed by atoms with Gasteiger partial charge in [-0.3, -0.25) is 9.79 Å². The normalized spacial score (nSPS) is 11.5. The van der Waals surface area contributed by atoms with Crippen molar-refractivity contribution >= 4 is 23.2 Å². The van der Waals surface area contributed by atoms with Crippen LogP contribution in [0, 0.1) is 6.92 Å². The first-order chi connectivity index (χ1) is 13.5. The van der Waals surface area contributed by atoms with Gasteiger partial charge in [-0.2, -0.15) is 0 Å². The summed E-state index contributed by atoms with van der Waals surface area (Å²) in [4.78, 5) is 23.0. The molecule has 1 aromatic heterocycles. The summed E-state index contributed by atoms with van der Waals surface area (Å²) in [7, 11) is 5.71. The summed E-state index contributed by atoms with van der Waals surface area (Å²) in [6.07, 6.45) is 0.855. The molecule has 0 radical (unpaired) electrons. The molecule has 1 heterocycles. The minimum atomic E-state index is -0.0511. The number of carbonyl (C=O) groups is 1. The Hall–Kier alpha value is -2.45. The molecule has 7 nitrogen and oxygen atoms in total. The first-order valence-corrected chi connectivity index (χ1v) is 10.2. The van der Waals surface area contributed by atoms with Crippen LogP contribution in [0.25, 0.3) is 0 Å². The van der Waals surface area contributed by atoms with Crippen molar-refractivity contribution in [2.24, 2.45) is 4.99 Å². The Morgan fingerprint density at radius 3 is 2.71 bits per heavy atom. The third-order valence-electron chi connectivity index (χ3n) is 4.06. The molecule has 1 amide bonds. The van der Waals surface area contributed by atoms with Crippen LogP contribution in [0.4, 0.5) is 0 Å². The minimum absolute atomic E-state index is 0.0511. The minimum Gasteiger partial charge on any atom is -0.356 e. The van der Waals surface area contributed by atoms with Crippen LogP contribution < -0.4 is 16.0 Å². The van der Waals surface area contributed by atoms with Crippen molar-refractivity contribution in [3.8, 4) is 0 Å². The Balaban J connectivity index is 1.79. The number of benzene rings is 1. The van der Waals surface area contributed by atoms with Crippen LogP contribution in [0.1, 0.15) is 26.6 Å². The maximum atomic E-state index is 12.3. The number of hydrogen-bond acceptors (Lipinski definition) is 5.